The number of hydrogen-bond donors (Lipinski definition) is 2. The van der Waals surface area contributed by atoms with E-state index in [1.165, 1.54) is 11.8 Å². The van der Waals surface area contributed by atoms with Crippen LogP contribution >= 0.6 is 11.8 Å². The van der Waals surface area contributed by atoms with E-state index < -0.39 is 15.8 Å². The van der Waals surface area contributed by atoms with Crippen LogP contribution in [0.25, 0.3) is 0 Å². The van der Waals surface area contributed by atoms with Crippen LogP contribution in [-0.2, 0) is 25.8 Å². The third-order valence-corrected chi connectivity index (χ3v) is 8.93. The van der Waals surface area contributed by atoms with Crippen molar-refractivity contribution < 1.29 is 18.0 Å². The summed E-state index contributed by atoms with van der Waals surface area (Å²) in [5.74, 6) is -0.833. The Morgan fingerprint density at radius 1 is 1.06 bits per heavy atom. The summed E-state index contributed by atoms with van der Waals surface area (Å²) in [4.78, 5) is 29.5. The van der Waals surface area contributed by atoms with Crippen LogP contribution in [0.2, 0.25) is 0 Å². The number of carbonyl (C=O) groups is 2. The number of thioether (sulfide) groups is 1. The summed E-state index contributed by atoms with van der Waals surface area (Å²) in [6.07, 6.45) is 7.25. The van der Waals surface area contributed by atoms with Gasteiger partial charge in [0, 0.05) is 29.8 Å². The van der Waals surface area contributed by atoms with Crippen molar-refractivity contribution in [2.75, 3.05) is 24.6 Å². The molecule has 1 aliphatic rings. The van der Waals surface area contributed by atoms with Crippen molar-refractivity contribution in [3.63, 3.8) is 0 Å². The molecule has 35 heavy (non-hydrogen) atoms. The number of sulfone groups is 1. The minimum Gasteiger partial charge on any atom is -0.355 e. The monoisotopic (exact) mass is 514 g/mol. The fourth-order valence-corrected chi connectivity index (χ4v) is 6.66. The number of nitrogens with zero attached hydrogens (tertiary/aromatic N) is 2. The van der Waals surface area contributed by atoms with Crippen LogP contribution < -0.4 is 10.6 Å². The van der Waals surface area contributed by atoms with Gasteiger partial charge in [0.2, 0.25) is 11.8 Å². The standard InChI is InChI=1S/C25H30N4O4S2/c26-12-16-29-25(31)23-4-2-1-3-20(23)18-35(32,33)22-7-5-21(6-8-22)34-17-24(30)28-15-11-19-9-13-27-14-10-19/h5-10,13-14,20,23H,1-4,11,15-18H2,(H,28,30)(H,29,31)/t20-,23+/m0/s1. The van der Waals surface area contributed by atoms with Crippen molar-refractivity contribution in [2.45, 2.75) is 41.9 Å². The summed E-state index contributed by atoms with van der Waals surface area (Å²) < 4.78 is 26.1. The molecule has 2 N–H and O–H groups in total. The number of rotatable bonds is 11. The first kappa shape index (κ1) is 26.7. The molecule has 2 atom stereocenters. The molecule has 2 aromatic rings. The highest BCUT2D eigenvalue weighted by Crippen LogP contribution is 2.33. The summed E-state index contributed by atoms with van der Waals surface area (Å²) >= 11 is 1.35. The molecule has 0 radical (unpaired) electrons. The fraction of sp³-hybridized carbons (Fsp3) is 0.440. The van der Waals surface area contributed by atoms with Crippen molar-refractivity contribution in [3.8, 4) is 6.07 Å². The number of benzene rings is 1. The second kappa shape index (κ2) is 13.3. The van der Waals surface area contributed by atoms with E-state index in [1.54, 1.807) is 36.7 Å². The van der Waals surface area contributed by atoms with Gasteiger partial charge in [-0.3, -0.25) is 14.6 Å². The lowest BCUT2D eigenvalue weighted by Gasteiger charge is -2.30. The van der Waals surface area contributed by atoms with Crippen LogP contribution in [0.1, 0.15) is 31.2 Å². The first-order valence-corrected chi connectivity index (χ1v) is 14.3. The maximum atomic E-state index is 13.0. The van der Waals surface area contributed by atoms with Crippen molar-refractivity contribution in [2.24, 2.45) is 11.8 Å². The third-order valence-electron chi connectivity index (χ3n) is 6.06. The zero-order valence-corrected chi connectivity index (χ0v) is 21.1. The molecular weight excluding hydrogens is 484 g/mol. The molecule has 186 valence electrons. The Morgan fingerprint density at radius 2 is 1.77 bits per heavy atom. The molecule has 0 bridgehead atoms. The van der Waals surface area contributed by atoms with Gasteiger partial charge >= 0.3 is 0 Å². The van der Waals surface area contributed by atoms with Crippen molar-refractivity contribution in [3.05, 3.63) is 54.4 Å². The smallest absolute Gasteiger partial charge is 0.230 e. The average molecular weight is 515 g/mol. The molecule has 0 saturated heterocycles. The Hall–Kier alpha value is -2.90. The summed E-state index contributed by atoms with van der Waals surface area (Å²) in [5, 5.41) is 14.2. The highest BCUT2D eigenvalue weighted by atomic mass is 32.2. The van der Waals surface area contributed by atoms with Gasteiger partial charge in [0.1, 0.15) is 6.54 Å². The molecular formula is C25H30N4O4S2. The van der Waals surface area contributed by atoms with Crippen molar-refractivity contribution in [1.29, 1.82) is 5.26 Å². The number of nitriles is 1. The lowest BCUT2D eigenvalue weighted by Crippen LogP contribution is -2.39. The van der Waals surface area contributed by atoms with Crippen LogP contribution in [0, 0.1) is 23.2 Å². The van der Waals surface area contributed by atoms with Gasteiger partial charge < -0.3 is 10.6 Å². The summed E-state index contributed by atoms with van der Waals surface area (Å²) in [6, 6.07) is 12.2. The fourth-order valence-electron chi connectivity index (χ4n) is 4.23. The summed E-state index contributed by atoms with van der Waals surface area (Å²) in [6.45, 7) is 0.466. The predicted molar refractivity (Wildman–Crippen MR) is 134 cm³/mol. The second-order valence-corrected chi connectivity index (χ2v) is 11.6. The summed E-state index contributed by atoms with van der Waals surface area (Å²) in [7, 11) is -3.57. The molecule has 0 unspecified atom stereocenters. The van der Waals surface area contributed by atoms with Gasteiger partial charge in [0.25, 0.3) is 0 Å². The first-order chi connectivity index (χ1) is 16.9. The van der Waals surface area contributed by atoms with Crippen molar-refractivity contribution in [1.82, 2.24) is 15.6 Å². The molecule has 10 heteroatoms. The van der Waals surface area contributed by atoms with Gasteiger partial charge in [0.05, 0.1) is 22.5 Å². The number of amides is 2. The highest BCUT2D eigenvalue weighted by Gasteiger charge is 2.34. The maximum absolute atomic E-state index is 13.0. The van der Waals surface area contributed by atoms with E-state index >= 15 is 0 Å². The Kier molecular flexibility index (Phi) is 10.1. The van der Waals surface area contributed by atoms with E-state index in [4.69, 9.17) is 5.26 Å². The minimum atomic E-state index is -3.57. The zero-order chi connectivity index (χ0) is 25.1. The molecule has 3 rings (SSSR count). The SMILES string of the molecule is N#CCNC(=O)[C@@H]1CCCC[C@H]1CS(=O)(=O)c1ccc(SCC(=O)NCCc2ccncc2)cc1. The largest absolute Gasteiger partial charge is 0.355 e. The number of aromatic nitrogens is 1. The lowest BCUT2D eigenvalue weighted by atomic mass is 9.80. The Labute approximate surface area is 210 Å². The average Bonchev–Trinajstić information content (AvgIpc) is 2.87. The highest BCUT2D eigenvalue weighted by molar-refractivity contribution is 8.00. The topological polar surface area (TPSA) is 129 Å². The molecule has 8 nitrogen and oxygen atoms in total. The molecule has 1 heterocycles. The molecule has 2 amide bonds. The van der Waals surface area contributed by atoms with Crippen LogP contribution in [0.3, 0.4) is 0 Å². The number of pyridine rings is 1. The van der Waals surface area contributed by atoms with Gasteiger partial charge in [-0.05, 0) is 67.1 Å². The van der Waals surface area contributed by atoms with E-state index in [-0.39, 0.29) is 40.7 Å². The van der Waals surface area contributed by atoms with E-state index in [0.717, 1.165) is 29.7 Å². The Bertz CT molecular complexity index is 1130. The molecule has 0 spiro atoms. The van der Waals surface area contributed by atoms with Gasteiger partial charge in [-0.1, -0.05) is 12.8 Å². The number of nitrogens with one attached hydrogen (secondary N) is 2. The number of carbonyl (C=O) groups excluding carboxylic acids is 2. The minimum absolute atomic E-state index is 0.0727. The number of hydrogen-bond acceptors (Lipinski definition) is 7. The lowest BCUT2D eigenvalue weighted by molar-refractivity contribution is -0.127. The Balaban J connectivity index is 1.49. The van der Waals surface area contributed by atoms with Crippen LogP contribution in [0.4, 0.5) is 0 Å². The van der Waals surface area contributed by atoms with E-state index in [1.807, 2.05) is 18.2 Å². The van der Waals surface area contributed by atoms with Crippen LogP contribution in [0.5, 0.6) is 0 Å². The molecule has 1 aliphatic carbocycles. The molecule has 0 aliphatic heterocycles. The van der Waals surface area contributed by atoms with E-state index in [0.29, 0.717) is 19.4 Å². The van der Waals surface area contributed by atoms with Crippen LogP contribution in [-0.4, -0.2) is 49.8 Å². The molecule has 1 aromatic heterocycles. The predicted octanol–water partition coefficient (Wildman–Crippen LogP) is 2.75. The Morgan fingerprint density at radius 3 is 2.49 bits per heavy atom. The molecule has 1 aromatic carbocycles. The molecule has 1 saturated carbocycles. The second-order valence-electron chi connectivity index (χ2n) is 8.52. The van der Waals surface area contributed by atoms with E-state index in [2.05, 4.69) is 15.6 Å². The van der Waals surface area contributed by atoms with Gasteiger partial charge in [-0.25, -0.2) is 8.42 Å². The van der Waals surface area contributed by atoms with Gasteiger partial charge in [-0.2, -0.15) is 5.26 Å². The molecule has 1 fully saturated rings. The summed E-state index contributed by atoms with van der Waals surface area (Å²) in [5.41, 5.74) is 1.10. The quantitative estimate of drug-likeness (QED) is 0.348. The van der Waals surface area contributed by atoms with Crippen molar-refractivity contribution >= 4 is 33.4 Å². The zero-order valence-electron chi connectivity index (χ0n) is 19.5. The van der Waals surface area contributed by atoms with Gasteiger partial charge in [0.15, 0.2) is 9.84 Å². The van der Waals surface area contributed by atoms with E-state index in [9.17, 15) is 18.0 Å². The maximum Gasteiger partial charge on any atom is 0.230 e. The first-order valence-electron chi connectivity index (χ1n) is 11.6. The normalized spacial score (nSPS) is 17.8. The third kappa shape index (κ3) is 8.37. The van der Waals surface area contributed by atoms with Gasteiger partial charge in [-0.15, -0.1) is 11.8 Å². The van der Waals surface area contributed by atoms with Crippen LogP contribution in [0.15, 0.2) is 58.6 Å².